The largest absolute Gasteiger partial charge is 1.00 e. The maximum absolute atomic E-state index is 11.1. The monoisotopic (exact) mass is 212 g/mol. The number of carbonyl (C=O) groups excluding carboxylic acids is 2. The third-order valence-corrected chi connectivity index (χ3v) is 1.70. The van der Waals surface area contributed by atoms with E-state index in [0.29, 0.717) is 11.1 Å². The summed E-state index contributed by atoms with van der Waals surface area (Å²) in [6.45, 7) is 0. The van der Waals surface area contributed by atoms with E-state index in [1.54, 1.807) is 18.2 Å². The van der Waals surface area contributed by atoms with Gasteiger partial charge in [0.2, 0.25) is 0 Å². The molecule has 1 aromatic rings. The molecule has 0 aromatic heterocycles. The van der Waals surface area contributed by atoms with Crippen molar-refractivity contribution in [3.8, 4) is 0 Å². The number of hydrogen-bond donors (Lipinski definition) is 1. The molecule has 0 saturated carbocycles. The van der Waals surface area contributed by atoms with Gasteiger partial charge in [-0.3, -0.25) is 0 Å². The molecule has 5 nitrogen and oxygen atoms in total. The Hall–Kier alpha value is -1.88. The summed E-state index contributed by atoms with van der Waals surface area (Å²) in [7, 11) is 2.57. The van der Waals surface area contributed by atoms with Crippen LogP contribution in [-0.2, 0) is 9.47 Å². The summed E-state index contributed by atoms with van der Waals surface area (Å²) in [5, 5.41) is 0. The third kappa shape index (κ3) is 3.07. The molecule has 82 valence electrons. The number of methoxy groups -OCH3 is 2. The highest BCUT2D eigenvalue weighted by Gasteiger charge is 2.09. The Labute approximate surface area is 89.1 Å². The zero-order chi connectivity index (χ0) is 10.6. The summed E-state index contributed by atoms with van der Waals surface area (Å²) >= 11 is 0. The predicted octanol–water partition coefficient (Wildman–Crippen LogP) is 1.53. The second-order valence-corrected chi connectivity index (χ2v) is 2.56. The van der Waals surface area contributed by atoms with Crippen LogP contribution in [0.15, 0.2) is 24.3 Å². The molecule has 0 atom stereocenters. The van der Waals surface area contributed by atoms with E-state index >= 15 is 0 Å². The Bertz CT molecular complexity index is 336. The van der Waals surface area contributed by atoms with Crippen LogP contribution >= 0.6 is 0 Å². The molecule has 0 aliphatic heterocycles. The van der Waals surface area contributed by atoms with Crippen molar-refractivity contribution < 1.29 is 20.5 Å². The van der Waals surface area contributed by atoms with E-state index in [1.807, 2.05) is 0 Å². The smallest absolute Gasteiger partial charge is 0.465 e. The van der Waals surface area contributed by atoms with E-state index in [-0.39, 0.29) is 7.58 Å². The zero-order valence-electron chi connectivity index (χ0n) is 9.65. The maximum Gasteiger partial charge on any atom is 1.00 e. The fourth-order valence-corrected chi connectivity index (χ4v) is 1.01. The van der Waals surface area contributed by atoms with Crippen LogP contribution in [0.4, 0.5) is 0 Å². The average molecular weight is 212 g/mol. The highest BCUT2D eigenvalue weighted by atomic mass is 16.5. The molecule has 3 N–H and O–H groups in total. The molecular weight excluding hydrogens is 198 g/mol. The van der Waals surface area contributed by atoms with Crippen molar-refractivity contribution in [3.05, 3.63) is 35.4 Å². The average Bonchev–Trinajstić information content (AvgIpc) is 2.27. The first kappa shape index (κ1) is 13.1. The topological polar surface area (TPSA) is 87.6 Å². The van der Waals surface area contributed by atoms with Gasteiger partial charge in [0, 0.05) is 0 Å². The van der Waals surface area contributed by atoms with E-state index in [9.17, 15) is 9.59 Å². The summed E-state index contributed by atoms with van der Waals surface area (Å²) in [5.41, 5.74) is 0.658. The summed E-state index contributed by atoms with van der Waals surface area (Å²) in [5.74, 6) is -0.952. The van der Waals surface area contributed by atoms with Gasteiger partial charge in [0.1, 0.15) is 0 Å². The second kappa shape index (κ2) is 5.77. The predicted molar refractivity (Wildman–Crippen MR) is 55.3 cm³/mol. The van der Waals surface area contributed by atoms with E-state index < -0.39 is 11.9 Å². The van der Waals surface area contributed by atoms with Gasteiger partial charge >= 0.3 is 13.4 Å². The van der Waals surface area contributed by atoms with Crippen molar-refractivity contribution in [1.82, 2.24) is 6.15 Å². The van der Waals surface area contributed by atoms with Crippen LogP contribution in [0.5, 0.6) is 0 Å². The standard InChI is InChI=1S/C10H10O4.H3N/c1-13-9(11)7-4-3-5-8(6-7)10(12)14-2;/h3-6H,1-2H3;1H3/p+1. The summed E-state index contributed by atoms with van der Waals surface area (Å²) < 4.78 is 9.03. The first-order valence-electron chi connectivity index (χ1n) is 3.95. The number of benzene rings is 1. The zero-order valence-corrected chi connectivity index (χ0v) is 8.65. The SMILES string of the molecule is COC(=O)c1cccc(C(=O)OC)c1.N.[H+]. The van der Waals surface area contributed by atoms with Crippen LogP contribution in [0.2, 0.25) is 0 Å². The van der Waals surface area contributed by atoms with Crippen LogP contribution in [-0.4, -0.2) is 26.2 Å². The molecule has 15 heavy (non-hydrogen) atoms. The van der Waals surface area contributed by atoms with Crippen molar-refractivity contribution >= 4 is 11.9 Å². The minimum absolute atomic E-state index is 0. The Morgan fingerprint density at radius 1 is 1.07 bits per heavy atom. The minimum atomic E-state index is -0.476. The van der Waals surface area contributed by atoms with Crippen LogP contribution in [0, 0.1) is 0 Å². The van der Waals surface area contributed by atoms with Crippen molar-refractivity contribution in [2.75, 3.05) is 14.2 Å². The fraction of sp³-hybridized carbons (Fsp3) is 0.200. The lowest BCUT2D eigenvalue weighted by atomic mass is 10.1. The van der Waals surface area contributed by atoms with Crippen molar-refractivity contribution in [3.63, 3.8) is 0 Å². The molecule has 0 radical (unpaired) electrons. The Morgan fingerprint density at radius 3 is 1.80 bits per heavy atom. The van der Waals surface area contributed by atoms with Crippen molar-refractivity contribution in [2.45, 2.75) is 0 Å². The van der Waals surface area contributed by atoms with E-state index in [1.165, 1.54) is 20.3 Å². The lowest BCUT2D eigenvalue weighted by Gasteiger charge is -2.01. The summed E-state index contributed by atoms with van der Waals surface area (Å²) in [4.78, 5) is 22.2. The molecule has 0 amide bonds. The third-order valence-electron chi connectivity index (χ3n) is 1.70. The second-order valence-electron chi connectivity index (χ2n) is 2.56. The molecular formula is C10H14NO4+. The van der Waals surface area contributed by atoms with Gasteiger partial charge in [-0.05, 0) is 18.2 Å². The normalized spacial score (nSPS) is 8.67. The van der Waals surface area contributed by atoms with Gasteiger partial charge < -0.3 is 15.6 Å². The quantitative estimate of drug-likeness (QED) is 0.751. The number of rotatable bonds is 2. The lowest BCUT2D eigenvalue weighted by Crippen LogP contribution is -2.05. The van der Waals surface area contributed by atoms with Gasteiger partial charge in [-0.15, -0.1) is 0 Å². The molecule has 5 heteroatoms. The van der Waals surface area contributed by atoms with Crippen LogP contribution in [0.1, 0.15) is 22.1 Å². The molecule has 0 bridgehead atoms. The maximum atomic E-state index is 11.1. The highest BCUT2D eigenvalue weighted by Crippen LogP contribution is 2.07. The molecule has 0 fully saturated rings. The number of carbonyl (C=O) groups is 2. The summed E-state index contributed by atoms with van der Waals surface area (Å²) in [6.07, 6.45) is 0. The van der Waals surface area contributed by atoms with E-state index in [2.05, 4.69) is 9.47 Å². The molecule has 0 spiro atoms. The minimum Gasteiger partial charge on any atom is -0.465 e. The molecule has 0 aliphatic carbocycles. The molecule has 1 rings (SSSR count). The van der Waals surface area contributed by atoms with Crippen LogP contribution < -0.4 is 6.15 Å². The van der Waals surface area contributed by atoms with Gasteiger partial charge in [0.25, 0.3) is 0 Å². The van der Waals surface area contributed by atoms with Gasteiger partial charge in [0.15, 0.2) is 0 Å². The lowest BCUT2D eigenvalue weighted by molar-refractivity contribution is 0.0599. The van der Waals surface area contributed by atoms with Crippen molar-refractivity contribution in [1.29, 1.82) is 0 Å². The molecule has 1 aromatic carbocycles. The van der Waals surface area contributed by atoms with Gasteiger partial charge in [-0.2, -0.15) is 0 Å². The Morgan fingerprint density at radius 2 is 1.47 bits per heavy atom. The van der Waals surface area contributed by atoms with Gasteiger partial charge in [-0.25, -0.2) is 9.59 Å². The highest BCUT2D eigenvalue weighted by molar-refractivity contribution is 5.95. The van der Waals surface area contributed by atoms with Gasteiger partial charge in [0.05, 0.1) is 25.3 Å². The van der Waals surface area contributed by atoms with Crippen LogP contribution in [0.3, 0.4) is 0 Å². The van der Waals surface area contributed by atoms with Gasteiger partial charge in [-0.1, -0.05) is 6.07 Å². The molecule has 0 unspecified atom stereocenters. The number of esters is 2. The van der Waals surface area contributed by atoms with E-state index in [4.69, 9.17) is 0 Å². The Kier molecular flexibility index (Phi) is 5.04. The number of hydrogen-bond acceptors (Lipinski definition) is 5. The van der Waals surface area contributed by atoms with Crippen molar-refractivity contribution in [2.24, 2.45) is 0 Å². The fourth-order valence-electron chi connectivity index (χ4n) is 1.01. The molecule has 0 heterocycles. The molecule has 0 aliphatic rings. The first-order valence-corrected chi connectivity index (χ1v) is 3.95. The molecule has 0 saturated heterocycles. The van der Waals surface area contributed by atoms with E-state index in [0.717, 1.165) is 0 Å². The summed E-state index contributed by atoms with van der Waals surface area (Å²) in [6, 6.07) is 6.16. The number of ether oxygens (including phenoxy) is 2. The Balaban J connectivity index is 0. The van der Waals surface area contributed by atoms with Crippen LogP contribution in [0.25, 0.3) is 0 Å². The first-order chi connectivity index (χ1) is 6.69.